The maximum absolute atomic E-state index is 6.15. The summed E-state index contributed by atoms with van der Waals surface area (Å²) in [5.41, 5.74) is 6.59. The number of likely N-dealkylation sites (N-methyl/N-ethyl adjacent to an activating group) is 1. The van der Waals surface area contributed by atoms with Crippen LogP contribution in [-0.2, 0) is 6.54 Å². The Morgan fingerprint density at radius 2 is 2.00 bits per heavy atom. The third-order valence-electron chi connectivity index (χ3n) is 3.49. The minimum Gasteiger partial charge on any atom is -0.491 e. The summed E-state index contributed by atoms with van der Waals surface area (Å²) in [4.78, 5) is 4.77. The number of hydrogen-bond acceptors (Lipinski definition) is 4. The SMILES string of the molecule is CN1CCN(CCOc2ccc(CN)cc2Cl)CC1. The average Bonchev–Trinajstić information content (AvgIpc) is 2.42. The molecule has 1 aliphatic heterocycles. The Hall–Kier alpha value is -0.810. The number of nitrogens with two attached hydrogens (primary N) is 1. The van der Waals surface area contributed by atoms with Crippen molar-refractivity contribution >= 4 is 11.6 Å². The van der Waals surface area contributed by atoms with Gasteiger partial charge in [0.1, 0.15) is 12.4 Å². The largest absolute Gasteiger partial charge is 0.491 e. The van der Waals surface area contributed by atoms with Gasteiger partial charge in [0, 0.05) is 39.3 Å². The minimum absolute atomic E-state index is 0.501. The lowest BCUT2D eigenvalue weighted by molar-refractivity contribution is 0.134. The normalized spacial score (nSPS) is 17.6. The topological polar surface area (TPSA) is 41.7 Å². The molecule has 1 aromatic carbocycles. The quantitative estimate of drug-likeness (QED) is 0.888. The molecule has 5 heteroatoms. The lowest BCUT2D eigenvalue weighted by Crippen LogP contribution is -2.45. The van der Waals surface area contributed by atoms with Crippen molar-refractivity contribution in [2.75, 3.05) is 46.4 Å². The fourth-order valence-electron chi connectivity index (χ4n) is 2.14. The van der Waals surface area contributed by atoms with Crippen LogP contribution >= 0.6 is 11.6 Å². The van der Waals surface area contributed by atoms with E-state index in [1.165, 1.54) is 0 Å². The molecule has 0 radical (unpaired) electrons. The number of ether oxygens (including phenoxy) is 1. The third kappa shape index (κ3) is 4.35. The first-order valence-corrected chi connectivity index (χ1v) is 7.09. The minimum atomic E-state index is 0.501. The van der Waals surface area contributed by atoms with Crippen LogP contribution in [0.15, 0.2) is 18.2 Å². The van der Waals surface area contributed by atoms with Crippen molar-refractivity contribution < 1.29 is 4.74 Å². The molecule has 0 aromatic heterocycles. The number of halogens is 1. The molecule has 0 unspecified atom stereocenters. The van der Waals surface area contributed by atoms with Gasteiger partial charge in [-0.25, -0.2) is 0 Å². The Labute approximate surface area is 120 Å². The first-order valence-electron chi connectivity index (χ1n) is 6.71. The fourth-order valence-corrected chi connectivity index (χ4v) is 2.40. The van der Waals surface area contributed by atoms with Gasteiger partial charge in [-0.05, 0) is 24.7 Å². The van der Waals surface area contributed by atoms with E-state index in [0.29, 0.717) is 18.2 Å². The number of rotatable bonds is 5. The van der Waals surface area contributed by atoms with Crippen LogP contribution in [0.5, 0.6) is 5.75 Å². The van der Waals surface area contributed by atoms with E-state index < -0.39 is 0 Å². The van der Waals surface area contributed by atoms with Gasteiger partial charge < -0.3 is 15.4 Å². The number of nitrogens with zero attached hydrogens (tertiary/aromatic N) is 2. The Kier molecular flexibility index (Phi) is 5.45. The standard InChI is InChI=1S/C14H22ClN3O/c1-17-4-6-18(7-5-17)8-9-19-14-3-2-12(11-16)10-13(14)15/h2-3,10H,4-9,11,16H2,1H3. The lowest BCUT2D eigenvalue weighted by atomic mass is 10.2. The van der Waals surface area contributed by atoms with Crippen molar-refractivity contribution in [2.45, 2.75) is 6.54 Å². The van der Waals surface area contributed by atoms with Gasteiger partial charge in [-0.2, -0.15) is 0 Å². The van der Waals surface area contributed by atoms with Crippen LogP contribution in [0, 0.1) is 0 Å². The summed E-state index contributed by atoms with van der Waals surface area (Å²) in [5, 5.41) is 0.640. The van der Waals surface area contributed by atoms with E-state index in [-0.39, 0.29) is 0 Å². The monoisotopic (exact) mass is 283 g/mol. The molecule has 1 aromatic rings. The number of benzene rings is 1. The summed E-state index contributed by atoms with van der Waals surface area (Å²) in [6, 6.07) is 5.72. The van der Waals surface area contributed by atoms with Gasteiger partial charge in [-0.1, -0.05) is 17.7 Å². The summed E-state index contributed by atoms with van der Waals surface area (Å²) in [6.07, 6.45) is 0. The van der Waals surface area contributed by atoms with Crippen LogP contribution in [0.25, 0.3) is 0 Å². The van der Waals surface area contributed by atoms with Crippen LogP contribution in [0.2, 0.25) is 5.02 Å². The van der Waals surface area contributed by atoms with E-state index in [1.54, 1.807) is 0 Å². The zero-order valence-electron chi connectivity index (χ0n) is 11.4. The van der Waals surface area contributed by atoms with Crippen LogP contribution < -0.4 is 10.5 Å². The maximum Gasteiger partial charge on any atom is 0.137 e. The van der Waals surface area contributed by atoms with Crippen molar-refractivity contribution in [1.29, 1.82) is 0 Å². The third-order valence-corrected chi connectivity index (χ3v) is 3.79. The molecule has 0 amide bonds. The van der Waals surface area contributed by atoms with E-state index in [2.05, 4.69) is 16.8 Å². The predicted molar refractivity (Wildman–Crippen MR) is 78.8 cm³/mol. The Morgan fingerprint density at radius 1 is 1.26 bits per heavy atom. The maximum atomic E-state index is 6.15. The van der Waals surface area contributed by atoms with Crippen molar-refractivity contribution in [1.82, 2.24) is 9.80 Å². The molecule has 0 bridgehead atoms. The van der Waals surface area contributed by atoms with Gasteiger partial charge in [0.15, 0.2) is 0 Å². The van der Waals surface area contributed by atoms with E-state index in [9.17, 15) is 0 Å². The lowest BCUT2D eigenvalue weighted by Gasteiger charge is -2.32. The molecule has 0 spiro atoms. The Bertz CT molecular complexity index is 406. The highest BCUT2D eigenvalue weighted by atomic mass is 35.5. The molecular formula is C14H22ClN3O. The predicted octanol–water partition coefficient (Wildman–Crippen LogP) is 1.42. The average molecular weight is 284 g/mol. The van der Waals surface area contributed by atoms with Crippen molar-refractivity contribution in [3.63, 3.8) is 0 Å². The molecule has 2 rings (SSSR count). The van der Waals surface area contributed by atoms with Crippen molar-refractivity contribution in [3.8, 4) is 5.75 Å². The smallest absolute Gasteiger partial charge is 0.137 e. The Morgan fingerprint density at radius 3 is 2.63 bits per heavy atom. The first kappa shape index (κ1) is 14.6. The second-order valence-electron chi connectivity index (χ2n) is 4.96. The first-order chi connectivity index (χ1) is 9.19. The second kappa shape index (κ2) is 7.10. The van der Waals surface area contributed by atoms with Gasteiger partial charge in [0.05, 0.1) is 5.02 Å². The van der Waals surface area contributed by atoms with Crippen LogP contribution in [0.3, 0.4) is 0 Å². The highest BCUT2D eigenvalue weighted by Crippen LogP contribution is 2.25. The van der Waals surface area contributed by atoms with Gasteiger partial charge >= 0.3 is 0 Å². The molecule has 1 heterocycles. The molecule has 2 N–H and O–H groups in total. The zero-order chi connectivity index (χ0) is 13.7. The van der Waals surface area contributed by atoms with Gasteiger partial charge in [-0.3, -0.25) is 4.90 Å². The summed E-state index contributed by atoms with van der Waals surface area (Å²) >= 11 is 6.15. The molecule has 19 heavy (non-hydrogen) atoms. The summed E-state index contributed by atoms with van der Waals surface area (Å²) < 4.78 is 5.74. The second-order valence-corrected chi connectivity index (χ2v) is 5.37. The molecule has 1 fully saturated rings. The molecule has 4 nitrogen and oxygen atoms in total. The van der Waals surface area contributed by atoms with Crippen molar-refractivity contribution in [2.24, 2.45) is 5.73 Å². The van der Waals surface area contributed by atoms with E-state index in [0.717, 1.165) is 44.0 Å². The Balaban J connectivity index is 1.76. The molecular weight excluding hydrogens is 262 g/mol. The molecule has 1 saturated heterocycles. The highest BCUT2D eigenvalue weighted by Gasteiger charge is 2.13. The molecule has 0 aliphatic carbocycles. The van der Waals surface area contributed by atoms with Crippen LogP contribution in [0.1, 0.15) is 5.56 Å². The van der Waals surface area contributed by atoms with Crippen molar-refractivity contribution in [3.05, 3.63) is 28.8 Å². The summed E-state index contributed by atoms with van der Waals surface area (Å²) in [6.45, 7) is 6.60. The highest BCUT2D eigenvalue weighted by molar-refractivity contribution is 6.32. The fraction of sp³-hybridized carbons (Fsp3) is 0.571. The zero-order valence-corrected chi connectivity index (χ0v) is 12.2. The van der Waals surface area contributed by atoms with Gasteiger partial charge in [0.2, 0.25) is 0 Å². The molecule has 0 atom stereocenters. The summed E-state index contributed by atoms with van der Waals surface area (Å²) in [5.74, 6) is 0.744. The molecule has 106 valence electrons. The number of piperazine rings is 1. The van der Waals surface area contributed by atoms with E-state index in [4.69, 9.17) is 22.1 Å². The van der Waals surface area contributed by atoms with Gasteiger partial charge in [-0.15, -0.1) is 0 Å². The molecule has 0 saturated carbocycles. The van der Waals surface area contributed by atoms with E-state index >= 15 is 0 Å². The molecule has 1 aliphatic rings. The van der Waals surface area contributed by atoms with Crippen LogP contribution in [-0.4, -0.2) is 56.2 Å². The van der Waals surface area contributed by atoms with Gasteiger partial charge in [0.25, 0.3) is 0 Å². The number of hydrogen-bond donors (Lipinski definition) is 1. The van der Waals surface area contributed by atoms with Crippen LogP contribution in [0.4, 0.5) is 0 Å². The summed E-state index contributed by atoms with van der Waals surface area (Å²) in [7, 11) is 2.16. The van der Waals surface area contributed by atoms with E-state index in [1.807, 2.05) is 18.2 Å².